The summed E-state index contributed by atoms with van der Waals surface area (Å²) in [5.41, 5.74) is 8.32. The van der Waals surface area contributed by atoms with Crippen LogP contribution in [0.15, 0.2) is 96.6 Å². The number of halogens is 3. The lowest BCUT2D eigenvalue weighted by Crippen LogP contribution is -2.38. The van der Waals surface area contributed by atoms with Crippen molar-refractivity contribution in [2.45, 2.75) is 117 Å². The average molecular weight is 1250 g/mol. The third-order valence-electron chi connectivity index (χ3n) is 17.4. The van der Waals surface area contributed by atoms with Gasteiger partial charge in [-0.1, -0.05) is 68.4 Å². The Morgan fingerprint density at radius 3 is 1.85 bits per heavy atom. The molecule has 0 aliphatic carbocycles. The molecule has 2 atom stereocenters. The molecule has 14 rings (SSSR count). The molecule has 6 aliphatic heterocycles. The van der Waals surface area contributed by atoms with Crippen LogP contribution in [0.25, 0.3) is 11.1 Å². The number of amides is 4. The van der Waals surface area contributed by atoms with E-state index in [4.69, 9.17) is 28.2 Å². The Morgan fingerprint density at radius 1 is 0.690 bits per heavy atom. The summed E-state index contributed by atoms with van der Waals surface area (Å²) in [6, 6.07) is 15.2. The van der Waals surface area contributed by atoms with Crippen LogP contribution in [0.5, 0.6) is 0 Å². The van der Waals surface area contributed by atoms with Crippen LogP contribution in [-0.4, -0.2) is 98.6 Å². The summed E-state index contributed by atoms with van der Waals surface area (Å²) in [5, 5.41) is 10.7. The van der Waals surface area contributed by atoms with E-state index in [-0.39, 0.29) is 54.0 Å². The lowest BCUT2D eigenvalue weighted by molar-refractivity contribution is -0.121. The smallest absolute Gasteiger partial charge is 0.257 e. The second kappa shape index (κ2) is 25.5. The highest BCUT2D eigenvalue weighted by atomic mass is 35.5. The number of hydrogen-bond donors (Lipinski definition) is 2. The van der Waals surface area contributed by atoms with Gasteiger partial charge in [-0.3, -0.25) is 34.7 Å². The van der Waals surface area contributed by atoms with Gasteiger partial charge >= 0.3 is 0 Å². The quantitative estimate of drug-likeness (QED) is 0.111. The number of aromatic nitrogens is 7. The number of fused-ring (bicyclic) bond motifs is 4. The van der Waals surface area contributed by atoms with Crippen LogP contribution in [0.1, 0.15) is 143 Å². The summed E-state index contributed by atoms with van der Waals surface area (Å²) in [7, 11) is 0. The van der Waals surface area contributed by atoms with Gasteiger partial charge in [0.15, 0.2) is 22.3 Å². The molecule has 0 saturated carbocycles. The maximum absolute atomic E-state index is 15.6. The molecule has 2 saturated heterocycles. The molecule has 448 valence electrons. The number of aryl methyl sites for hydroxylation is 2. The lowest BCUT2D eigenvalue weighted by atomic mass is 9.99. The van der Waals surface area contributed by atoms with Crippen LogP contribution >= 0.6 is 45.9 Å². The van der Waals surface area contributed by atoms with E-state index in [0.717, 1.165) is 123 Å². The number of piperidine rings is 2. The summed E-state index contributed by atoms with van der Waals surface area (Å²) in [4.78, 5) is 85.3. The van der Waals surface area contributed by atoms with E-state index < -0.39 is 29.7 Å². The molecule has 2 fully saturated rings. The number of imidazole rings is 2. The van der Waals surface area contributed by atoms with E-state index in [1.54, 1.807) is 40.7 Å². The van der Waals surface area contributed by atoms with Crippen molar-refractivity contribution in [3.05, 3.63) is 174 Å². The fraction of sp³-hybridized carbons (Fsp3) is 0.369. The topological polar surface area (TPSA) is 180 Å². The fourth-order valence-corrected chi connectivity index (χ4v) is 14.2. The van der Waals surface area contributed by atoms with Crippen molar-refractivity contribution < 1.29 is 23.6 Å². The molecule has 4 amide bonds. The first-order valence-electron chi connectivity index (χ1n) is 29.3. The van der Waals surface area contributed by atoms with Gasteiger partial charge in [0, 0.05) is 118 Å². The Bertz CT molecular complexity index is 3940. The third kappa shape index (κ3) is 12.2. The number of pyridine rings is 1. The maximum atomic E-state index is 15.6. The van der Waals surface area contributed by atoms with Crippen LogP contribution in [0.4, 0.5) is 20.5 Å². The van der Waals surface area contributed by atoms with Gasteiger partial charge < -0.3 is 23.8 Å². The van der Waals surface area contributed by atoms with Gasteiger partial charge in [0.1, 0.15) is 11.6 Å². The predicted octanol–water partition coefficient (Wildman–Crippen LogP) is 12.3. The van der Waals surface area contributed by atoms with E-state index in [2.05, 4.69) is 82.8 Å². The Kier molecular flexibility index (Phi) is 17.4. The number of rotatable bonds is 12. The Morgan fingerprint density at radius 2 is 1.28 bits per heavy atom. The van der Waals surface area contributed by atoms with Crippen molar-refractivity contribution in [3.63, 3.8) is 0 Å². The van der Waals surface area contributed by atoms with Gasteiger partial charge in [0.25, 0.3) is 23.6 Å². The zero-order valence-electron chi connectivity index (χ0n) is 47.6. The molecule has 3 aromatic carbocycles. The number of likely N-dealkylation sites (tertiary alicyclic amines) is 1. The van der Waals surface area contributed by atoms with Crippen molar-refractivity contribution in [1.29, 1.82) is 0 Å². The van der Waals surface area contributed by atoms with Crippen molar-refractivity contribution in [3.8, 4) is 23.0 Å². The first-order valence-corrected chi connectivity index (χ1v) is 31.8. The van der Waals surface area contributed by atoms with Crippen LogP contribution in [-0.2, 0) is 55.2 Å². The van der Waals surface area contributed by atoms with Gasteiger partial charge in [0.05, 0.1) is 41.2 Å². The monoisotopic (exact) mass is 1250 g/mol. The van der Waals surface area contributed by atoms with Crippen molar-refractivity contribution >= 4 is 85.6 Å². The first kappa shape index (κ1) is 59.5. The summed E-state index contributed by atoms with van der Waals surface area (Å²) >= 11 is 16.2. The lowest BCUT2D eigenvalue weighted by Gasteiger charge is -2.31. The molecule has 87 heavy (non-hydrogen) atoms. The van der Waals surface area contributed by atoms with E-state index in [0.29, 0.717) is 32.2 Å². The molecule has 8 aromatic rings. The number of benzene rings is 3. The van der Waals surface area contributed by atoms with Crippen LogP contribution in [0.3, 0.4) is 0 Å². The number of nitrogens with one attached hydrogen (secondary N) is 2. The number of carbonyl (C=O) groups excluding carboxylic acids is 4. The number of thiazole rings is 2. The van der Waals surface area contributed by atoms with Crippen molar-refractivity contribution in [1.82, 2.24) is 48.8 Å². The Labute approximate surface area is 523 Å². The second-order valence-electron chi connectivity index (χ2n) is 23.1. The predicted molar refractivity (Wildman–Crippen MR) is 337 cm³/mol. The normalized spacial score (nSPS) is 17.1. The molecule has 22 heteroatoms. The first-order chi connectivity index (χ1) is 41.8. The zero-order chi connectivity index (χ0) is 59.2. The zero-order valence-corrected chi connectivity index (χ0v) is 50.7. The average Bonchev–Trinajstić information content (AvgIpc) is 1.68. The molecule has 2 unspecified atom stereocenters. The summed E-state index contributed by atoms with van der Waals surface area (Å²) in [6.07, 6.45) is 16.8. The minimum absolute atomic E-state index is 0. The van der Waals surface area contributed by atoms with Crippen molar-refractivity contribution in [2.24, 2.45) is 11.8 Å². The largest absolute Gasteiger partial charge is 0.357 e. The second-order valence-corrected chi connectivity index (χ2v) is 25.7. The van der Waals surface area contributed by atoms with Crippen LogP contribution in [0.2, 0.25) is 10.0 Å². The number of nitrogens with zero attached hydrogens (tertiary/aromatic N) is 11. The summed E-state index contributed by atoms with van der Waals surface area (Å²) in [5.74, 6) is 6.41. The summed E-state index contributed by atoms with van der Waals surface area (Å²) < 4.78 is 19.7. The minimum atomic E-state index is -1.08. The van der Waals surface area contributed by atoms with Gasteiger partial charge in [-0.05, 0) is 130 Å². The molecule has 11 heterocycles. The molecule has 5 aromatic heterocycles. The van der Waals surface area contributed by atoms with Gasteiger partial charge in [0.2, 0.25) is 0 Å². The SMILES string of the molecule is C.CC1CCN(Cc2ccc(C#Cc3cc(F)c4c(c3Cl)C(=O)N(C(C(=O)Nc3nccs3)c3ncn5c3CCC5)C4)cc2)CC1.CC1CCN(c2ccc(-c3cc(Cl)c4c(c3)C(=O)N(C(C(=O)Nc3nccs3)c3ncn5c3CCC5)C4)cn2)CC1. The van der Waals surface area contributed by atoms with E-state index in [1.165, 1.54) is 64.9 Å². The van der Waals surface area contributed by atoms with Gasteiger partial charge in [-0.15, -0.1) is 22.7 Å². The highest BCUT2D eigenvalue weighted by Crippen LogP contribution is 2.42. The van der Waals surface area contributed by atoms with Gasteiger partial charge in [-0.2, -0.15) is 0 Å². The van der Waals surface area contributed by atoms with Crippen molar-refractivity contribution in [2.75, 3.05) is 41.7 Å². The summed E-state index contributed by atoms with van der Waals surface area (Å²) in [6.45, 7) is 11.5. The third-order valence-corrected chi connectivity index (χ3v) is 19.6. The highest BCUT2D eigenvalue weighted by molar-refractivity contribution is 7.14. The van der Waals surface area contributed by atoms with E-state index >= 15 is 4.39 Å². The van der Waals surface area contributed by atoms with E-state index in [1.807, 2.05) is 47.2 Å². The minimum Gasteiger partial charge on any atom is -0.357 e. The van der Waals surface area contributed by atoms with Crippen LogP contribution < -0.4 is 15.5 Å². The molecule has 0 radical (unpaired) electrons. The molecule has 6 aliphatic rings. The number of carbonyl (C=O) groups is 4. The Balaban J connectivity index is 0.000000169. The molecule has 0 bridgehead atoms. The molecular weight excluding hydrogens is 1180 g/mol. The number of hydrogen-bond acceptors (Lipinski definition) is 13. The standard InChI is InChI=1S/C34H32ClFN6O2S.C30H30ClN7O2S.CH4/c1-21-10-14-40(15-11-21)18-23-6-4-22(5-7-23)8-9-24-17-26(36)25-19-42(33(44)28(25)29(24)35)31(32(43)39-34-37-12-16-45-34)30-27-3-2-13-41(27)20-38-30;1-18-6-10-36(11-7-18)25-5-4-19(15-33-25)20-13-21-22(23(31)14-20)16-38(29(21)40)27(28(39)35-30-32-8-12-41-30)26-24-3-2-9-37(24)17-34-26;/h4-7,12,16-17,20-21,31H,2-3,10-11,13-15,18-19H2,1H3,(H,37,39,43);4-5,8,12-15,17-18,27H,2-3,6-7,9-11,16H2,1H3,(H,32,35,39);1H4. The molecule has 2 N–H and O–H groups in total. The van der Waals surface area contributed by atoms with E-state index in [9.17, 15) is 19.2 Å². The molecule has 0 spiro atoms. The van der Waals surface area contributed by atoms with Crippen LogP contribution in [0, 0.1) is 29.5 Å². The van der Waals surface area contributed by atoms with Gasteiger partial charge in [-0.25, -0.2) is 29.3 Å². The molecular formula is C65H66Cl2FN13O4S2. The fourth-order valence-electron chi connectivity index (χ4n) is 12.6. The number of anilines is 3. The maximum Gasteiger partial charge on any atom is 0.257 e. The highest BCUT2D eigenvalue weighted by Gasteiger charge is 2.45. The molecule has 17 nitrogen and oxygen atoms in total. The Hall–Kier alpha value is -7.80.